The van der Waals surface area contributed by atoms with Crippen molar-refractivity contribution in [1.82, 2.24) is 0 Å². The minimum absolute atomic E-state index is 0.174. The van der Waals surface area contributed by atoms with E-state index < -0.39 is 0 Å². The normalized spacial score (nSPS) is 9.40. The standard InChI is InChI=1S/C7H9NO2/c1-8(10)6-4-2-3-5-7(6)9/h2-5,9-10H,1H3/p-1. The molecular formula is C7H8NO2-. The van der Waals surface area contributed by atoms with Crippen LogP contribution in [-0.4, -0.2) is 12.3 Å². The van der Waals surface area contributed by atoms with Crippen LogP contribution in [0.3, 0.4) is 0 Å². The van der Waals surface area contributed by atoms with Gasteiger partial charge in [-0.05, 0) is 6.07 Å². The molecule has 10 heavy (non-hydrogen) atoms. The topological polar surface area (TPSA) is 46.5 Å². The minimum atomic E-state index is -0.174. The lowest BCUT2D eigenvalue weighted by molar-refractivity contribution is -0.267. The number of benzene rings is 1. The Morgan fingerprint density at radius 2 is 2.00 bits per heavy atom. The average molecular weight is 138 g/mol. The van der Waals surface area contributed by atoms with Gasteiger partial charge in [-0.15, -0.1) is 0 Å². The molecule has 1 aromatic rings. The molecule has 0 aliphatic rings. The van der Waals surface area contributed by atoms with Crippen molar-refractivity contribution in [2.24, 2.45) is 0 Å². The van der Waals surface area contributed by atoms with Crippen molar-refractivity contribution in [2.45, 2.75) is 0 Å². The van der Waals surface area contributed by atoms with E-state index >= 15 is 0 Å². The maximum absolute atomic E-state index is 10.9. The maximum Gasteiger partial charge on any atom is 0.0552 e. The van der Waals surface area contributed by atoms with Crippen LogP contribution >= 0.6 is 0 Å². The summed E-state index contributed by atoms with van der Waals surface area (Å²) in [6, 6.07) is 6.29. The molecule has 0 aliphatic carbocycles. The Kier molecular flexibility index (Phi) is 1.78. The molecule has 0 radical (unpaired) electrons. The first-order chi connectivity index (χ1) is 4.72. The van der Waals surface area contributed by atoms with Gasteiger partial charge in [0.2, 0.25) is 0 Å². The van der Waals surface area contributed by atoms with Crippen LogP contribution in [0.5, 0.6) is 5.75 Å². The highest BCUT2D eigenvalue weighted by atomic mass is 16.5. The zero-order valence-corrected chi connectivity index (χ0v) is 5.61. The van der Waals surface area contributed by atoms with Gasteiger partial charge in [-0.1, -0.05) is 23.9 Å². The summed E-state index contributed by atoms with van der Waals surface area (Å²) >= 11 is 0. The molecule has 0 aliphatic heterocycles. The quantitative estimate of drug-likeness (QED) is 0.577. The zero-order chi connectivity index (χ0) is 7.56. The molecule has 1 rings (SSSR count). The SMILES string of the molecule is CN(O)c1ccccc1[O-]. The molecule has 0 bridgehead atoms. The van der Waals surface area contributed by atoms with Crippen molar-refractivity contribution in [3.05, 3.63) is 24.3 Å². The maximum atomic E-state index is 10.9. The number of hydrogen-bond donors (Lipinski definition) is 1. The Labute approximate surface area is 59.1 Å². The molecule has 0 saturated heterocycles. The summed E-state index contributed by atoms with van der Waals surface area (Å²) < 4.78 is 0. The Bertz CT molecular complexity index is 223. The summed E-state index contributed by atoms with van der Waals surface area (Å²) in [5.74, 6) is -0.174. The fourth-order valence-corrected chi connectivity index (χ4v) is 0.725. The van der Waals surface area contributed by atoms with Crippen LogP contribution in [0.25, 0.3) is 0 Å². The smallest absolute Gasteiger partial charge is 0.0552 e. The van der Waals surface area contributed by atoms with Crippen molar-refractivity contribution in [2.75, 3.05) is 12.1 Å². The Hall–Kier alpha value is -1.22. The van der Waals surface area contributed by atoms with E-state index in [-0.39, 0.29) is 5.75 Å². The molecule has 1 aromatic carbocycles. The molecule has 0 unspecified atom stereocenters. The van der Waals surface area contributed by atoms with Gasteiger partial charge >= 0.3 is 0 Å². The first-order valence-corrected chi connectivity index (χ1v) is 2.90. The molecule has 0 heterocycles. The molecule has 0 saturated carbocycles. The largest absolute Gasteiger partial charge is 0.871 e. The van der Waals surface area contributed by atoms with Crippen molar-refractivity contribution in [3.8, 4) is 5.75 Å². The van der Waals surface area contributed by atoms with Crippen molar-refractivity contribution in [3.63, 3.8) is 0 Å². The van der Waals surface area contributed by atoms with Gasteiger partial charge in [0.25, 0.3) is 0 Å². The Morgan fingerprint density at radius 3 is 2.40 bits per heavy atom. The highest BCUT2D eigenvalue weighted by Crippen LogP contribution is 2.20. The van der Waals surface area contributed by atoms with Crippen LogP contribution in [0.2, 0.25) is 0 Å². The van der Waals surface area contributed by atoms with Gasteiger partial charge in [-0.3, -0.25) is 10.3 Å². The van der Waals surface area contributed by atoms with E-state index in [1.165, 1.54) is 13.1 Å². The van der Waals surface area contributed by atoms with Gasteiger partial charge in [0.1, 0.15) is 0 Å². The third-order valence-electron chi connectivity index (χ3n) is 1.21. The van der Waals surface area contributed by atoms with Crippen LogP contribution in [0.15, 0.2) is 24.3 Å². The molecule has 54 valence electrons. The number of nitrogens with zero attached hydrogens (tertiary/aromatic N) is 1. The second-order valence-electron chi connectivity index (χ2n) is 1.99. The van der Waals surface area contributed by atoms with Crippen LogP contribution < -0.4 is 10.2 Å². The Balaban J connectivity index is 3.03. The first-order valence-electron chi connectivity index (χ1n) is 2.90. The average Bonchev–Trinajstić information content (AvgIpc) is 1.88. The van der Waals surface area contributed by atoms with Gasteiger partial charge in [0.05, 0.1) is 5.69 Å². The summed E-state index contributed by atoms with van der Waals surface area (Å²) in [5.41, 5.74) is 0.294. The highest BCUT2D eigenvalue weighted by molar-refractivity contribution is 5.53. The van der Waals surface area contributed by atoms with E-state index in [1.807, 2.05) is 0 Å². The van der Waals surface area contributed by atoms with Gasteiger partial charge in [-0.2, -0.15) is 0 Å². The predicted octanol–water partition coefficient (Wildman–Crippen LogP) is 0.586. The summed E-state index contributed by atoms with van der Waals surface area (Å²) in [7, 11) is 1.41. The summed E-state index contributed by atoms with van der Waals surface area (Å²) in [6.45, 7) is 0. The number of hydroxylamine groups is 1. The molecule has 0 spiro atoms. The van der Waals surface area contributed by atoms with Crippen LogP contribution in [0.1, 0.15) is 0 Å². The van der Waals surface area contributed by atoms with Gasteiger partial charge in [0.15, 0.2) is 0 Å². The predicted molar refractivity (Wildman–Crippen MR) is 36.1 cm³/mol. The van der Waals surface area contributed by atoms with Gasteiger partial charge in [0, 0.05) is 7.05 Å². The van der Waals surface area contributed by atoms with Gasteiger partial charge in [-0.25, -0.2) is 0 Å². The summed E-state index contributed by atoms with van der Waals surface area (Å²) in [6.07, 6.45) is 0. The van der Waals surface area contributed by atoms with Gasteiger partial charge < -0.3 is 5.11 Å². The van der Waals surface area contributed by atoms with Crippen molar-refractivity contribution >= 4 is 5.69 Å². The van der Waals surface area contributed by atoms with E-state index in [9.17, 15) is 5.11 Å². The zero-order valence-electron chi connectivity index (χ0n) is 5.61. The van der Waals surface area contributed by atoms with Crippen LogP contribution in [0, 0.1) is 0 Å². The molecule has 3 nitrogen and oxygen atoms in total. The Morgan fingerprint density at radius 1 is 1.40 bits per heavy atom. The molecule has 1 N–H and O–H groups in total. The second kappa shape index (κ2) is 2.58. The van der Waals surface area contributed by atoms with E-state index in [0.717, 1.165) is 5.06 Å². The fraction of sp³-hybridized carbons (Fsp3) is 0.143. The van der Waals surface area contributed by atoms with Crippen molar-refractivity contribution < 1.29 is 10.3 Å². The lowest BCUT2D eigenvalue weighted by atomic mass is 10.3. The van der Waals surface area contributed by atoms with E-state index in [1.54, 1.807) is 18.2 Å². The van der Waals surface area contributed by atoms with E-state index in [2.05, 4.69) is 0 Å². The number of rotatable bonds is 1. The van der Waals surface area contributed by atoms with Crippen LogP contribution in [0.4, 0.5) is 5.69 Å². The van der Waals surface area contributed by atoms with Crippen LogP contribution in [-0.2, 0) is 0 Å². The minimum Gasteiger partial charge on any atom is -0.871 e. The molecule has 3 heteroatoms. The number of para-hydroxylation sites is 2. The summed E-state index contributed by atoms with van der Waals surface area (Å²) in [5, 5.41) is 20.5. The monoisotopic (exact) mass is 138 g/mol. The molecular weight excluding hydrogens is 130 g/mol. The second-order valence-corrected chi connectivity index (χ2v) is 1.99. The first kappa shape index (κ1) is 6.89. The van der Waals surface area contributed by atoms with E-state index in [4.69, 9.17) is 5.21 Å². The number of hydrogen-bond acceptors (Lipinski definition) is 3. The molecule has 0 fully saturated rings. The lowest BCUT2D eigenvalue weighted by Gasteiger charge is -2.17. The molecule has 0 atom stereocenters. The molecule has 0 aromatic heterocycles. The fourth-order valence-electron chi connectivity index (χ4n) is 0.725. The lowest BCUT2D eigenvalue weighted by Crippen LogP contribution is -2.12. The number of anilines is 1. The highest BCUT2D eigenvalue weighted by Gasteiger charge is 1.93. The summed E-state index contributed by atoms with van der Waals surface area (Å²) in [4.78, 5) is 0. The third kappa shape index (κ3) is 1.19. The molecule has 0 amide bonds. The van der Waals surface area contributed by atoms with Crippen molar-refractivity contribution in [1.29, 1.82) is 0 Å². The third-order valence-corrected chi connectivity index (χ3v) is 1.21. The van der Waals surface area contributed by atoms with E-state index in [0.29, 0.717) is 5.69 Å².